The number of carbonyl (C=O) groups excluding carboxylic acids is 1. The van der Waals surface area contributed by atoms with Gasteiger partial charge in [-0.3, -0.25) is 4.79 Å². The van der Waals surface area contributed by atoms with Crippen LogP contribution in [0, 0.1) is 6.92 Å². The second-order valence-corrected chi connectivity index (χ2v) is 4.77. The molecule has 0 unspecified atom stereocenters. The van der Waals surface area contributed by atoms with Gasteiger partial charge in [-0.05, 0) is 42.8 Å². The molecule has 2 rings (SSSR count). The molecule has 0 heterocycles. The number of anilines is 1. The van der Waals surface area contributed by atoms with Crippen molar-refractivity contribution < 1.29 is 4.79 Å². The Hall–Kier alpha value is -1.61. The van der Waals surface area contributed by atoms with Crippen molar-refractivity contribution in [3.63, 3.8) is 0 Å². The van der Waals surface area contributed by atoms with E-state index in [1.807, 2.05) is 25.1 Å². The number of nitrogen functional groups attached to an aromatic ring is 1. The smallest absolute Gasteiger partial charge is 0.193 e. The summed E-state index contributed by atoms with van der Waals surface area (Å²) in [7, 11) is 0. The minimum atomic E-state index is -0.00657. The highest BCUT2D eigenvalue weighted by Crippen LogP contribution is 2.19. The van der Waals surface area contributed by atoms with Gasteiger partial charge in [-0.1, -0.05) is 28.1 Å². The topological polar surface area (TPSA) is 43.1 Å². The second-order valence-electron chi connectivity index (χ2n) is 3.92. The molecule has 2 N–H and O–H groups in total. The maximum atomic E-state index is 12.2. The Kier molecular flexibility index (Phi) is 3.29. The molecular weight excluding hydrogens is 278 g/mol. The number of halogens is 1. The van der Waals surface area contributed by atoms with Crippen LogP contribution in [0.5, 0.6) is 0 Å². The van der Waals surface area contributed by atoms with Crippen LogP contribution in [-0.4, -0.2) is 5.78 Å². The Morgan fingerprint density at radius 2 is 1.82 bits per heavy atom. The number of hydrogen-bond acceptors (Lipinski definition) is 2. The van der Waals surface area contributed by atoms with Crippen LogP contribution in [0.25, 0.3) is 0 Å². The van der Waals surface area contributed by atoms with Crippen molar-refractivity contribution in [2.45, 2.75) is 6.92 Å². The second kappa shape index (κ2) is 4.72. The summed E-state index contributed by atoms with van der Waals surface area (Å²) in [5.41, 5.74) is 8.61. The van der Waals surface area contributed by atoms with E-state index >= 15 is 0 Å². The first kappa shape index (κ1) is 11.9. The number of benzene rings is 2. The van der Waals surface area contributed by atoms with Crippen LogP contribution in [0.1, 0.15) is 21.5 Å². The van der Waals surface area contributed by atoms with E-state index in [4.69, 9.17) is 5.73 Å². The van der Waals surface area contributed by atoms with Crippen LogP contribution in [0.3, 0.4) is 0 Å². The average Bonchev–Trinajstić information content (AvgIpc) is 2.32. The van der Waals surface area contributed by atoms with Gasteiger partial charge in [0.25, 0.3) is 0 Å². The molecule has 0 spiro atoms. The van der Waals surface area contributed by atoms with Crippen molar-refractivity contribution in [1.82, 2.24) is 0 Å². The normalized spacial score (nSPS) is 10.2. The number of rotatable bonds is 2. The zero-order chi connectivity index (χ0) is 12.4. The molecule has 0 fully saturated rings. The van der Waals surface area contributed by atoms with E-state index in [1.54, 1.807) is 24.3 Å². The third kappa shape index (κ3) is 2.56. The van der Waals surface area contributed by atoms with Crippen molar-refractivity contribution in [3.8, 4) is 0 Å². The molecule has 2 nitrogen and oxygen atoms in total. The van der Waals surface area contributed by atoms with E-state index in [1.165, 1.54) is 0 Å². The van der Waals surface area contributed by atoms with Crippen LogP contribution >= 0.6 is 15.9 Å². The van der Waals surface area contributed by atoms with Gasteiger partial charge < -0.3 is 5.73 Å². The first-order chi connectivity index (χ1) is 8.08. The summed E-state index contributed by atoms with van der Waals surface area (Å²) >= 11 is 3.42. The summed E-state index contributed by atoms with van der Waals surface area (Å²) < 4.78 is 1.00. The van der Waals surface area contributed by atoms with E-state index in [0.29, 0.717) is 16.8 Å². The first-order valence-corrected chi connectivity index (χ1v) is 6.03. The minimum absolute atomic E-state index is 0.00657. The van der Waals surface area contributed by atoms with Crippen LogP contribution in [0.15, 0.2) is 46.9 Å². The molecule has 86 valence electrons. The minimum Gasteiger partial charge on any atom is -0.399 e. The van der Waals surface area contributed by atoms with Crippen LogP contribution < -0.4 is 5.73 Å². The van der Waals surface area contributed by atoms with Crippen molar-refractivity contribution >= 4 is 27.4 Å². The molecular formula is C14H12BrNO. The Morgan fingerprint density at radius 1 is 1.12 bits per heavy atom. The zero-order valence-electron chi connectivity index (χ0n) is 9.41. The third-order valence-corrected chi connectivity index (χ3v) is 3.46. The number of aryl methyl sites for hydroxylation is 1. The summed E-state index contributed by atoms with van der Waals surface area (Å²) in [5, 5.41) is 0. The Balaban J connectivity index is 2.40. The van der Waals surface area contributed by atoms with Crippen molar-refractivity contribution in [3.05, 3.63) is 63.6 Å². The van der Waals surface area contributed by atoms with Gasteiger partial charge >= 0.3 is 0 Å². The highest BCUT2D eigenvalue weighted by molar-refractivity contribution is 9.10. The molecule has 0 atom stereocenters. The molecule has 0 bridgehead atoms. The van der Waals surface area contributed by atoms with Gasteiger partial charge in [0.1, 0.15) is 0 Å². The fourth-order valence-corrected chi connectivity index (χ4v) is 1.88. The SMILES string of the molecule is Cc1cc(C(=O)c2cccc(N)c2)ccc1Br. The molecule has 0 aromatic heterocycles. The standard InChI is InChI=1S/C14H12BrNO/c1-9-7-11(5-6-13(9)15)14(17)10-3-2-4-12(16)8-10/h2-8H,16H2,1H3. The molecule has 0 aliphatic carbocycles. The van der Waals surface area contributed by atoms with Crippen molar-refractivity contribution in [1.29, 1.82) is 0 Å². The van der Waals surface area contributed by atoms with Gasteiger partial charge in [0.05, 0.1) is 0 Å². The molecule has 0 radical (unpaired) electrons. The Labute approximate surface area is 109 Å². The predicted octanol–water partition coefficient (Wildman–Crippen LogP) is 3.57. The first-order valence-electron chi connectivity index (χ1n) is 5.24. The summed E-state index contributed by atoms with van der Waals surface area (Å²) in [5.74, 6) is -0.00657. The lowest BCUT2D eigenvalue weighted by molar-refractivity contribution is 0.103. The molecule has 0 saturated carbocycles. The fourth-order valence-electron chi connectivity index (χ4n) is 1.63. The Bertz CT molecular complexity index is 578. The van der Waals surface area contributed by atoms with E-state index in [9.17, 15) is 4.79 Å². The average molecular weight is 290 g/mol. The molecule has 0 aliphatic heterocycles. The van der Waals surface area contributed by atoms with E-state index in [-0.39, 0.29) is 5.78 Å². The highest BCUT2D eigenvalue weighted by atomic mass is 79.9. The summed E-state index contributed by atoms with van der Waals surface area (Å²) in [6.45, 7) is 1.96. The largest absolute Gasteiger partial charge is 0.399 e. The highest BCUT2D eigenvalue weighted by Gasteiger charge is 2.09. The van der Waals surface area contributed by atoms with Gasteiger partial charge in [-0.2, -0.15) is 0 Å². The molecule has 0 saturated heterocycles. The van der Waals surface area contributed by atoms with E-state index in [2.05, 4.69) is 15.9 Å². The molecule has 2 aromatic rings. The van der Waals surface area contributed by atoms with Gasteiger partial charge in [0.2, 0.25) is 0 Å². The van der Waals surface area contributed by atoms with Gasteiger partial charge in [-0.25, -0.2) is 0 Å². The summed E-state index contributed by atoms with van der Waals surface area (Å²) in [6.07, 6.45) is 0. The van der Waals surface area contributed by atoms with Crippen LogP contribution in [0.2, 0.25) is 0 Å². The number of ketones is 1. The van der Waals surface area contributed by atoms with Crippen LogP contribution in [0.4, 0.5) is 5.69 Å². The number of carbonyl (C=O) groups is 1. The lowest BCUT2D eigenvalue weighted by Crippen LogP contribution is -2.02. The molecule has 0 amide bonds. The van der Waals surface area contributed by atoms with Gasteiger partial charge in [-0.15, -0.1) is 0 Å². The maximum absolute atomic E-state index is 12.2. The zero-order valence-corrected chi connectivity index (χ0v) is 11.0. The van der Waals surface area contributed by atoms with E-state index in [0.717, 1.165) is 10.0 Å². The van der Waals surface area contributed by atoms with Crippen molar-refractivity contribution in [2.75, 3.05) is 5.73 Å². The number of hydrogen-bond donors (Lipinski definition) is 1. The lowest BCUT2D eigenvalue weighted by atomic mass is 10.0. The molecule has 17 heavy (non-hydrogen) atoms. The summed E-state index contributed by atoms with van der Waals surface area (Å²) in [4.78, 5) is 12.2. The third-order valence-electron chi connectivity index (χ3n) is 2.57. The molecule has 2 aromatic carbocycles. The molecule has 0 aliphatic rings. The Morgan fingerprint density at radius 3 is 2.47 bits per heavy atom. The van der Waals surface area contributed by atoms with Crippen molar-refractivity contribution in [2.24, 2.45) is 0 Å². The number of nitrogens with two attached hydrogens (primary N) is 1. The van der Waals surface area contributed by atoms with Gasteiger partial charge in [0, 0.05) is 21.3 Å². The monoisotopic (exact) mass is 289 g/mol. The maximum Gasteiger partial charge on any atom is 0.193 e. The molecule has 3 heteroatoms. The summed E-state index contributed by atoms with van der Waals surface area (Å²) in [6, 6.07) is 12.6. The lowest BCUT2D eigenvalue weighted by Gasteiger charge is -2.04. The van der Waals surface area contributed by atoms with Crippen LogP contribution in [-0.2, 0) is 0 Å². The van der Waals surface area contributed by atoms with Gasteiger partial charge in [0.15, 0.2) is 5.78 Å². The fraction of sp³-hybridized carbons (Fsp3) is 0.0714. The predicted molar refractivity (Wildman–Crippen MR) is 73.2 cm³/mol. The van der Waals surface area contributed by atoms with E-state index < -0.39 is 0 Å². The quantitative estimate of drug-likeness (QED) is 0.678.